The lowest BCUT2D eigenvalue weighted by Crippen LogP contribution is -2.45. The minimum absolute atomic E-state index is 0.0830. The minimum Gasteiger partial charge on any atom is -0.340 e. The van der Waals surface area contributed by atoms with Gasteiger partial charge in [0.1, 0.15) is 10.1 Å². The molecule has 1 aromatic heterocycles. The topological polar surface area (TPSA) is 91.9 Å². The van der Waals surface area contributed by atoms with Crippen LogP contribution >= 0.6 is 22.9 Å². The van der Waals surface area contributed by atoms with Crippen LogP contribution in [0, 0.1) is 10.1 Å². The Morgan fingerprint density at radius 3 is 2.68 bits per heavy atom. The maximum atomic E-state index is 11.7. The Balaban J connectivity index is 3.28. The van der Waals surface area contributed by atoms with Crippen molar-refractivity contribution in [3.05, 3.63) is 20.8 Å². The summed E-state index contributed by atoms with van der Waals surface area (Å²) >= 11 is 6.75. The molecule has 0 spiro atoms. The van der Waals surface area contributed by atoms with E-state index in [0.29, 0.717) is 11.5 Å². The van der Waals surface area contributed by atoms with Crippen molar-refractivity contribution in [1.29, 1.82) is 0 Å². The molecule has 1 rings (SSSR count). The van der Waals surface area contributed by atoms with Crippen molar-refractivity contribution in [2.75, 3.05) is 18.5 Å². The van der Waals surface area contributed by atoms with E-state index in [-0.39, 0.29) is 10.4 Å². The summed E-state index contributed by atoms with van der Waals surface area (Å²) in [6.45, 7) is 3.52. The van der Waals surface area contributed by atoms with Gasteiger partial charge in [-0.2, -0.15) is 0 Å². The predicted octanol–water partition coefficient (Wildman–Crippen LogP) is 1.65. The molecule has 1 amide bonds. The van der Waals surface area contributed by atoms with Crippen LogP contribution in [0.4, 0.5) is 5.00 Å². The van der Waals surface area contributed by atoms with Crippen molar-refractivity contribution in [1.82, 2.24) is 9.88 Å². The van der Waals surface area contributed by atoms with E-state index in [2.05, 4.69) is 10.1 Å². The van der Waals surface area contributed by atoms with Crippen LogP contribution in [0.1, 0.15) is 13.8 Å². The third-order valence-electron chi connectivity index (χ3n) is 2.19. The first kappa shape index (κ1) is 15.3. The number of halogens is 1. The van der Waals surface area contributed by atoms with Crippen molar-refractivity contribution in [2.45, 2.75) is 13.8 Å². The van der Waals surface area contributed by atoms with E-state index in [1.54, 1.807) is 14.0 Å². The summed E-state index contributed by atoms with van der Waals surface area (Å²) in [5.74, 6) is -0.499. The molecule has 0 aliphatic carbocycles. The number of nitro groups is 1. The first-order chi connectivity index (χ1) is 8.86. The van der Waals surface area contributed by atoms with E-state index < -0.39 is 10.9 Å². The van der Waals surface area contributed by atoms with Gasteiger partial charge in [-0.05, 0) is 6.92 Å². The van der Waals surface area contributed by atoms with Crippen molar-refractivity contribution in [2.24, 2.45) is 5.10 Å². The maximum Gasteiger partial charge on any atom is 0.285 e. The third-order valence-corrected chi connectivity index (χ3v) is 3.29. The number of hydrogen-bond acceptors (Lipinski definition) is 5. The summed E-state index contributed by atoms with van der Waals surface area (Å²) in [4.78, 5) is 28.7. The average Bonchev–Trinajstić information content (AvgIpc) is 2.72. The highest BCUT2D eigenvalue weighted by molar-refractivity contribution is 7.19. The molecule has 8 nitrogen and oxygen atoms in total. The van der Waals surface area contributed by atoms with Gasteiger partial charge in [-0.1, -0.05) is 22.9 Å². The van der Waals surface area contributed by atoms with Gasteiger partial charge < -0.3 is 4.90 Å². The lowest BCUT2D eigenvalue weighted by Gasteiger charge is -2.25. The van der Waals surface area contributed by atoms with Crippen molar-refractivity contribution in [3.8, 4) is 0 Å². The van der Waals surface area contributed by atoms with E-state index in [4.69, 9.17) is 11.6 Å². The average molecular weight is 306 g/mol. The fraction of sp³-hybridized carbons (Fsp3) is 0.444. The molecule has 10 heteroatoms. The molecule has 0 radical (unpaired) electrons. The van der Waals surface area contributed by atoms with Crippen LogP contribution in [0.15, 0.2) is 11.3 Å². The number of carbonyl (C=O) groups is 1. The second kappa shape index (κ2) is 6.43. The summed E-state index contributed by atoms with van der Waals surface area (Å²) in [5, 5.41) is 13.4. The van der Waals surface area contributed by atoms with Crippen LogP contribution in [0.2, 0.25) is 4.47 Å². The zero-order chi connectivity index (χ0) is 14.6. The molecular weight excluding hydrogens is 294 g/mol. The molecule has 0 N–H and O–H groups in total. The van der Waals surface area contributed by atoms with Crippen molar-refractivity contribution >= 4 is 39.8 Å². The standard InChI is InChI=1S/C9H12ClN5O3S/c1-4-13(3)9(12-15(17)18)14(6(2)16)7-5-11-8(10)19-7/h5H,4H2,1-3H3. The molecule has 1 aromatic rings. The number of hydrazone groups is 1. The Labute approximate surface area is 118 Å². The third kappa shape index (κ3) is 3.86. The van der Waals surface area contributed by atoms with Gasteiger partial charge >= 0.3 is 0 Å². The number of hydrogen-bond donors (Lipinski definition) is 0. The first-order valence-electron chi connectivity index (χ1n) is 5.23. The molecule has 0 bridgehead atoms. The molecule has 0 fully saturated rings. The van der Waals surface area contributed by atoms with Crippen LogP contribution in [-0.4, -0.2) is 40.4 Å². The summed E-state index contributed by atoms with van der Waals surface area (Å²) in [5.41, 5.74) is 0. The SMILES string of the molecule is CCN(C)C(=N[N+](=O)[O-])N(C(C)=O)c1cnc(Cl)s1. The molecule has 0 aliphatic heterocycles. The highest BCUT2D eigenvalue weighted by atomic mass is 35.5. The Bertz CT molecular complexity index is 518. The van der Waals surface area contributed by atoms with Gasteiger partial charge in [-0.3, -0.25) is 4.79 Å². The summed E-state index contributed by atoms with van der Waals surface area (Å²) in [6, 6.07) is 0. The van der Waals surface area contributed by atoms with Crippen LogP contribution < -0.4 is 4.90 Å². The Kier molecular flexibility index (Phi) is 5.19. The van der Waals surface area contributed by atoms with Crippen LogP contribution in [0.3, 0.4) is 0 Å². The Hall–Kier alpha value is -1.74. The summed E-state index contributed by atoms with van der Waals surface area (Å²) in [7, 11) is 1.60. The number of rotatable bonds is 3. The molecule has 19 heavy (non-hydrogen) atoms. The maximum absolute atomic E-state index is 11.7. The van der Waals surface area contributed by atoms with Gasteiger partial charge in [0, 0.05) is 20.5 Å². The lowest BCUT2D eigenvalue weighted by atomic mass is 10.5. The number of amides is 1. The summed E-state index contributed by atoms with van der Waals surface area (Å²) in [6.07, 6.45) is 1.37. The van der Waals surface area contributed by atoms with Gasteiger partial charge in [0.05, 0.1) is 6.20 Å². The van der Waals surface area contributed by atoms with Crippen molar-refractivity contribution in [3.63, 3.8) is 0 Å². The molecular formula is C9H12ClN5O3S. The monoisotopic (exact) mass is 305 g/mol. The largest absolute Gasteiger partial charge is 0.340 e. The van der Waals surface area contributed by atoms with Gasteiger partial charge in [0.15, 0.2) is 9.50 Å². The van der Waals surface area contributed by atoms with Crippen molar-refractivity contribution < 1.29 is 9.83 Å². The molecule has 0 aromatic carbocycles. The lowest BCUT2D eigenvalue weighted by molar-refractivity contribution is -0.485. The minimum atomic E-state index is -0.847. The second-order valence-corrected chi connectivity index (χ2v) is 5.05. The highest BCUT2D eigenvalue weighted by Gasteiger charge is 2.26. The van der Waals surface area contributed by atoms with Gasteiger partial charge in [-0.15, -0.1) is 0 Å². The van der Waals surface area contributed by atoms with Crippen LogP contribution in [0.5, 0.6) is 0 Å². The van der Waals surface area contributed by atoms with Crippen LogP contribution in [-0.2, 0) is 4.79 Å². The Morgan fingerprint density at radius 2 is 2.32 bits per heavy atom. The number of carbonyl (C=O) groups excluding carboxylic acids is 1. The fourth-order valence-corrected chi connectivity index (χ4v) is 2.22. The molecule has 0 saturated heterocycles. The molecule has 0 saturated carbocycles. The quantitative estimate of drug-likeness (QED) is 0.366. The summed E-state index contributed by atoms with van der Waals surface area (Å²) < 4.78 is 0.237. The number of guanidine groups is 1. The van der Waals surface area contributed by atoms with E-state index in [0.717, 1.165) is 16.2 Å². The predicted molar refractivity (Wildman–Crippen MR) is 73.0 cm³/mol. The van der Waals surface area contributed by atoms with E-state index in [1.807, 2.05) is 0 Å². The van der Waals surface area contributed by atoms with Gasteiger partial charge in [0.2, 0.25) is 5.91 Å². The zero-order valence-corrected chi connectivity index (χ0v) is 12.1. The van der Waals surface area contributed by atoms with Gasteiger partial charge in [0.25, 0.3) is 5.96 Å². The molecule has 1 heterocycles. The van der Waals surface area contributed by atoms with E-state index >= 15 is 0 Å². The van der Waals surface area contributed by atoms with E-state index in [1.165, 1.54) is 18.0 Å². The molecule has 0 aliphatic rings. The van der Waals surface area contributed by atoms with Gasteiger partial charge in [-0.25, -0.2) is 20.0 Å². The van der Waals surface area contributed by atoms with E-state index in [9.17, 15) is 14.9 Å². The van der Waals surface area contributed by atoms with Crippen LogP contribution in [0.25, 0.3) is 0 Å². The molecule has 104 valence electrons. The number of nitrogens with zero attached hydrogens (tertiary/aromatic N) is 5. The fourth-order valence-electron chi connectivity index (χ4n) is 1.25. The number of thiazole rings is 1. The normalized spacial score (nSPS) is 11.3. The smallest absolute Gasteiger partial charge is 0.285 e. The Morgan fingerprint density at radius 1 is 1.68 bits per heavy atom. The molecule has 0 atom stereocenters. The second-order valence-electron chi connectivity index (χ2n) is 3.46. The number of anilines is 1. The first-order valence-corrected chi connectivity index (χ1v) is 6.42. The zero-order valence-electron chi connectivity index (χ0n) is 10.5. The highest BCUT2D eigenvalue weighted by Crippen LogP contribution is 2.27. The molecule has 0 unspecified atom stereocenters. The number of aromatic nitrogens is 1.